The van der Waals surface area contributed by atoms with E-state index < -0.39 is 11.9 Å². The van der Waals surface area contributed by atoms with Crippen LogP contribution in [-0.2, 0) is 14.3 Å². The molecular weight excluding hydrogens is 236 g/mol. The van der Waals surface area contributed by atoms with E-state index in [1.54, 1.807) is 14.0 Å². The molecule has 0 aliphatic heterocycles. The number of hydrogen-bond donors (Lipinski definition) is 2. The van der Waals surface area contributed by atoms with E-state index >= 15 is 0 Å². The molecule has 0 bridgehead atoms. The lowest BCUT2D eigenvalue weighted by Gasteiger charge is -2.23. The van der Waals surface area contributed by atoms with Gasteiger partial charge in [-0.05, 0) is 13.3 Å². The first-order chi connectivity index (χ1) is 8.51. The first-order valence-electron chi connectivity index (χ1n) is 6.24. The van der Waals surface area contributed by atoms with Gasteiger partial charge < -0.3 is 15.2 Å². The predicted molar refractivity (Wildman–Crippen MR) is 68.4 cm³/mol. The zero-order chi connectivity index (χ0) is 14.0. The van der Waals surface area contributed by atoms with E-state index in [0.29, 0.717) is 26.3 Å². The molecule has 0 heterocycles. The second kappa shape index (κ2) is 9.85. The number of nitrogens with one attached hydrogen (secondary N) is 1. The number of aliphatic carboxylic acids is 1. The van der Waals surface area contributed by atoms with E-state index in [4.69, 9.17) is 9.84 Å². The third-order valence-corrected chi connectivity index (χ3v) is 2.57. The molecule has 0 aliphatic rings. The molecule has 0 aromatic heterocycles. The molecule has 0 rings (SSSR count). The molecule has 0 saturated heterocycles. The molecule has 0 aromatic carbocycles. The summed E-state index contributed by atoms with van der Waals surface area (Å²) in [6.45, 7) is 6.11. The van der Waals surface area contributed by atoms with Gasteiger partial charge in [0.2, 0.25) is 5.91 Å². The van der Waals surface area contributed by atoms with Crippen LogP contribution >= 0.6 is 0 Å². The number of nitrogens with zero attached hydrogens (tertiary/aromatic N) is 1. The molecule has 6 heteroatoms. The minimum Gasteiger partial charge on any atom is -0.481 e. The third kappa shape index (κ3) is 8.03. The first-order valence-corrected chi connectivity index (χ1v) is 6.24. The summed E-state index contributed by atoms with van der Waals surface area (Å²) in [7, 11) is 1.57. The van der Waals surface area contributed by atoms with Crippen LogP contribution < -0.4 is 5.32 Å². The summed E-state index contributed by atoms with van der Waals surface area (Å²) in [6, 6.07) is 0. The quantitative estimate of drug-likeness (QED) is 0.548. The fourth-order valence-corrected chi connectivity index (χ4v) is 1.52. The highest BCUT2D eigenvalue weighted by molar-refractivity contribution is 5.77. The Kier molecular flexibility index (Phi) is 9.22. The second-order valence-corrected chi connectivity index (χ2v) is 4.20. The summed E-state index contributed by atoms with van der Waals surface area (Å²) in [5.41, 5.74) is 0. The van der Waals surface area contributed by atoms with E-state index in [-0.39, 0.29) is 12.5 Å². The second-order valence-electron chi connectivity index (χ2n) is 4.20. The van der Waals surface area contributed by atoms with E-state index in [0.717, 1.165) is 6.42 Å². The van der Waals surface area contributed by atoms with Gasteiger partial charge in [-0.25, -0.2) is 0 Å². The molecule has 0 aromatic rings. The molecule has 0 spiro atoms. The van der Waals surface area contributed by atoms with Gasteiger partial charge in [0.25, 0.3) is 0 Å². The normalized spacial score (nSPS) is 12.4. The minimum absolute atomic E-state index is 0.107. The van der Waals surface area contributed by atoms with Gasteiger partial charge in [-0.1, -0.05) is 6.92 Å². The number of hydrogen-bond acceptors (Lipinski definition) is 4. The number of carboxylic acid groups (broad SMARTS) is 1. The highest BCUT2D eigenvalue weighted by atomic mass is 16.5. The molecule has 18 heavy (non-hydrogen) atoms. The molecule has 2 N–H and O–H groups in total. The van der Waals surface area contributed by atoms with Crippen molar-refractivity contribution >= 4 is 11.9 Å². The number of rotatable bonds is 10. The van der Waals surface area contributed by atoms with Crippen LogP contribution in [0.25, 0.3) is 0 Å². The van der Waals surface area contributed by atoms with Crippen molar-refractivity contribution in [1.29, 1.82) is 0 Å². The van der Waals surface area contributed by atoms with Crippen molar-refractivity contribution < 1.29 is 19.4 Å². The SMILES string of the molecule is CCOCCCN(CC(=O)NC)CC(C)C(=O)O. The standard InChI is InChI=1S/C12H24N2O4/c1-4-18-7-5-6-14(9-11(15)13-3)8-10(2)12(16)17/h10H,4-9H2,1-3H3,(H,13,15)(H,16,17). The number of carbonyl (C=O) groups excluding carboxylic acids is 1. The van der Waals surface area contributed by atoms with Crippen molar-refractivity contribution in [3.8, 4) is 0 Å². The Morgan fingerprint density at radius 1 is 1.44 bits per heavy atom. The first kappa shape index (κ1) is 16.9. The zero-order valence-corrected chi connectivity index (χ0v) is 11.4. The lowest BCUT2D eigenvalue weighted by molar-refractivity contribution is -0.142. The summed E-state index contributed by atoms with van der Waals surface area (Å²) >= 11 is 0. The number of carboxylic acids is 1. The lowest BCUT2D eigenvalue weighted by atomic mass is 10.1. The van der Waals surface area contributed by atoms with E-state index in [2.05, 4.69) is 5.32 Å². The maximum Gasteiger partial charge on any atom is 0.307 e. The Morgan fingerprint density at radius 2 is 2.11 bits per heavy atom. The van der Waals surface area contributed by atoms with E-state index in [1.165, 1.54) is 0 Å². The van der Waals surface area contributed by atoms with Gasteiger partial charge in [-0.2, -0.15) is 0 Å². The summed E-state index contributed by atoms with van der Waals surface area (Å²) in [4.78, 5) is 24.0. The van der Waals surface area contributed by atoms with Gasteiger partial charge in [0.05, 0.1) is 12.5 Å². The van der Waals surface area contributed by atoms with Crippen molar-refractivity contribution in [2.24, 2.45) is 5.92 Å². The highest BCUT2D eigenvalue weighted by Crippen LogP contribution is 2.01. The van der Waals surface area contributed by atoms with Gasteiger partial charge in [-0.3, -0.25) is 14.5 Å². The Bertz CT molecular complexity index is 258. The topological polar surface area (TPSA) is 78.9 Å². The summed E-state index contributed by atoms with van der Waals surface area (Å²) in [5.74, 6) is -1.44. The number of likely N-dealkylation sites (N-methyl/N-ethyl adjacent to an activating group) is 1. The summed E-state index contributed by atoms with van der Waals surface area (Å²) in [5, 5.41) is 11.4. The minimum atomic E-state index is -0.846. The molecule has 0 aliphatic carbocycles. The average Bonchev–Trinajstić information content (AvgIpc) is 2.33. The Labute approximate surface area is 108 Å². The molecular formula is C12H24N2O4. The van der Waals surface area contributed by atoms with E-state index in [9.17, 15) is 9.59 Å². The number of ether oxygens (including phenoxy) is 1. The predicted octanol–water partition coefficient (Wildman–Crippen LogP) is 0.182. The van der Waals surface area contributed by atoms with Crippen LogP contribution in [0.4, 0.5) is 0 Å². The molecule has 1 amide bonds. The van der Waals surface area contributed by atoms with Gasteiger partial charge in [0.15, 0.2) is 0 Å². The molecule has 0 fully saturated rings. The third-order valence-electron chi connectivity index (χ3n) is 2.57. The van der Waals surface area contributed by atoms with Crippen molar-refractivity contribution in [2.45, 2.75) is 20.3 Å². The van der Waals surface area contributed by atoms with Gasteiger partial charge >= 0.3 is 5.97 Å². The van der Waals surface area contributed by atoms with Gasteiger partial charge in [0.1, 0.15) is 0 Å². The zero-order valence-electron chi connectivity index (χ0n) is 11.4. The average molecular weight is 260 g/mol. The van der Waals surface area contributed by atoms with Crippen LogP contribution in [0.5, 0.6) is 0 Å². The van der Waals surface area contributed by atoms with Crippen LogP contribution in [0, 0.1) is 5.92 Å². The molecule has 106 valence electrons. The summed E-state index contributed by atoms with van der Waals surface area (Å²) < 4.78 is 5.22. The van der Waals surface area contributed by atoms with Crippen molar-refractivity contribution in [1.82, 2.24) is 10.2 Å². The van der Waals surface area contributed by atoms with Crippen molar-refractivity contribution in [3.05, 3.63) is 0 Å². The molecule has 6 nitrogen and oxygen atoms in total. The maximum absolute atomic E-state index is 11.3. The van der Waals surface area contributed by atoms with E-state index in [1.807, 2.05) is 11.8 Å². The largest absolute Gasteiger partial charge is 0.481 e. The molecule has 1 unspecified atom stereocenters. The van der Waals surface area contributed by atoms with Crippen LogP contribution in [0.1, 0.15) is 20.3 Å². The van der Waals surface area contributed by atoms with Crippen LogP contribution in [0.3, 0.4) is 0 Å². The summed E-state index contributed by atoms with van der Waals surface area (Å²) in [6.07, 6.45) is 0.789. The maximum atomic E-state index is 11.3. The lowest BCUT2D eigenvalue weighted by Crippen LogP contribution is -2.40. The van der Waals surface area contributed by atoms with Crippen LogP contribution in [-0.4, -0.2) is 61.8 Å². The Morgan fingerprint density at radius 3 is 2.61 bits per heavy atom. The number of carbonyl (C=O) groups is 2. The molecule has 1 atom stereocenters. The fraction of sp³-hybridized carbons (Fsp3) is 0.833. The monoisotopic (exact) mass is 260 g/mol. The molecule has 0 saturated carbocycles. The Hall–Kier alpha value is -1.14. The van der Waals surface area contributed by atoms with Crippen LogP contribution in [0.2, 0.25) is 0 Å². The fourth-order valence-electron chi connectivity index (χ4n) is 1.52. The number of amides is 1. The van der Waals surface area contributed by atoms with Crippen molar-refractivity contribution in [2.75, 3.05) is 39.9 Å². The smallest absolute Gasteiger partial charge is 0.307 e. The van der Waals surface area contributed by atoms with Crippen LogP contribution in [0.15, 0.2) is 0 Å². The Balaban J connectivity index is 4.15. The highest BCUT2D eigenvalue weighted by Gasteiger charge is 2.17. The molecule has 0 radical (unpaired) electrons. The van der Waals surface area contributed by atoms with Gasteiger partial charge in [0, 0.05) is 33.4 Å². The van der Waals surface area contributed by atoms with Gasteiger partial charge in [-0.15, -0.1) is 0 Å². The van der Waals surface area contributed by atoms with Crippen molar-refractivity contribution in [3.63, 3.8) is 0 Å².